The smallest absolute Gasteiger partial charge is 0.280 e. The van der Waals surface area contributed by atoms with E-state index in [1.54, 1.807) is 13.2 Å². The molecule has 0 atom stereocenters. The summed E-state index contributed by atoms with van der Waals surface area (Å²) in [5.41, 5.74) is 2.99. The molecule has 0 fully saturated rings. The molecule has 94 valence electrons. The Bertz CT molecular complexity index is 753. The van der Waals surface area contributed by atoms with Crippen LogP contribution in [0.15, 0.2) is 35.8 Å². The largest absolute Gasteiger partial charge is 0.353 e. The SMILES string of the molecule is CNC(=O)c1nc(-c2cnc3ccccc3n2)cs1. The van der Waals surface area contributed by atoms with E-state index in [-0.39, 0.29) is 5.91 Å². The maximum atomic E-state index is 11.5. The van der Waals surface area contributed by atoms with Gasteiger partial charge in [0, 0.05) is 12.4 Å². The van der Waals surface area contributed by atoms with Gasteiger partial charge in [-0.1, -0.05) is 12.1 Å². The molecule has 19 heavy (non-hydrogen) atoms. The van der Waals surface area contributed by atoms with Gasteiger partial charge in [-0.2, -0.15) is 0 Å². The molecule has 1 amide bonds. The number of aromatic nitrogens is 3. The van der Waals surface area contributed by atoms with Crippen LogP contribution < -0.4 is 5.32 Å². The number of thiazole rings is 1. The van der Waals surface area contributed by atoms with Crippen LogP contribution in [0, 0.1) is 0 Å². The van der Waals surface area contributed by atoms with Gasteiger partial charge < -0.3 is 5.32 Å². The molecule has 0 saturated heterocycles. The van der Waals surface area contributed by atoms with E-state index >= 15 is 0 Å². The average molecular weight is 270 g/mol. The Labute approximate surface area is 113 Å². The molecule has 0 aliphatic heterocycles. The molecule has 0 unspecified atom stereocenters. The van der Waals surface area contributed by atoms with Crippen LogP contribution in [-0.4, -0.2) is 27.9 Å². The Morgan fingerprint density at radius 1 is 1.16 bits per heavy atom. The van der Waals surface area contributed by atoms with Crippen molar-refractivity contribution in [1.82, 2.24) is 20.3 Å². The molecule has 2 heterocycles. The summed E-state index contributed by atoms with van der Waals surface area (Å²) >= 11 is 1.29. The van der Waals surface area contributed by atoms with Gasteiger partial charge in [0.05, 0.1) is 17.2 Å². The second-order valence-corrected chi connectivity index (χ2v) is 4.72. The predicted octanol–water partition coefficient (Wildman–Crippen LogP) is 2.11. The standard InChI is InChI=1S/C13H10N4OS/c1-14-12(18)13-17-11(7-19-13)10-6-15-8-4-2-3-5-9(8)16-10/h2-7H,1H3,(H,14,18). The zero-order chi connectivity index (χ0) is 13.2. The van der Waals surface area contributed by atoms with Gasteiger partial charge in [0.15, 0.2) is 5.01 Å². The van der Waals surface area contributed by atoms with Crippen LogP contribution in [0.1, 0.15) is 9.80 Å². The number of benzene rings is 1. The second-order valence-electron chi connectivity index (χ2n) is 3.86. The van der Waals surface area contributed by atoms with Crippen LogP contribution >= 0.6 is 11.3 Å². The van der Waals surface area contributed by atoms with Crippen molar-refractivity contribution in [2.24, 2.45) is 0 Å². The topological polar surface area (TPSA) is 67.8 Å². The number of amides is 1. The summed E-state index contributed by atoms with van der Waals surface area (Å²) < 4.78 is 0. The molecule has 6 heteroatoms. The first kappa shape index (κ1) is 11.7. The van der Waals surface area contributed by atoms with Crippen molar-refractivity contribution in [1.29, 1.82) is 0 Å². The summed E-state index contributed by atoms with van der Waals surface area (Å²) in [6, 6.07) is 7.64. The number of para-hydroxylation sites is 2. The van der Waals surface area contributed by atoms with Gasteiger partial charge in [0.25, 0.3) is 5.91 Å². The van der Waals surface area contributed by atoms with Crippen molar-refractivity contribution in [3.8, 4) is 11.4 Å². The Balaban J connectivity index is 2.04. The summed E-state index contributed by atoms with van der Waals surface area (Å²) in [4.78, 5) is 24.6. The molecule has 0 bridgehead atoms. The van der Waals surface area contributed by atoms with Crippen molar-refractivity contribution in [2.45, 2.75) is 0 Å². The quantitative estimate of drug-likeness (QED) is 0.774. The molecular weight excluding hydrogens is 260 g/mol. The Morgan fingerprint density at radius 3 is 2.74 bits per heavy atom. The zero-order valence-corrected chi connectivity index (χ0v) is 10.9. The maximum Gasteiger partial charge on any atom is 0.280 e. The first-order chi connectivity index (χ1) is 9.28. The van der Waals surface area contributed by atoms with Crippen molar-refractivity contribution >= 4 is 28.3 Å². The van der Waals surface area contributed by atoms with E-state index in [2.05, 4.69) is 20.3 Å². The van der Waals surface area contributed by atoms with Crippen LogP contribution in [0.4, 0.5) is 0 Å². The molecule has 0 saturated carbocycles. The highest BCUT2D eigenvalue weighted by atomic mass is 32.1. The van der Waals surface area contributed by atoms with Gasteiger partial charge in [-0.15, -0.1) is 11.3 Å². The highest BCUT2D eigenvalue weighted by molar-refractivity contribution is 7.12. The third-order valence-corrected chi connectivity index (χ3v) is 3.48. The second kappa shape index (κ2) is 4.74. The number of hydrogen-bond donors (Lipinski definition) is 1. The van der Waals surface area contributed by atoms with Crippen molar-refractivity contribution in [3.05, 3.63) is 40.8 Å². The van der Waals surface area contributed by atoms with E-state index in [9.17, 15) is 4.79 Å². The summed E-state index contributed by atoms with van der Waals surface area (Å²) in [6.07, 6.45) is 1.67. The van der Waals surface area contributed by atoms with E-state index in [1.807, 2.05) is 29.6 Å². The fourth-order valence-corrected chi connectivity index (χ4v) is 2.44. The highest BCUT2D eigenvalue weighted by Gasteiger charge is 2.11. The molecule has 1 aromatic carbocycles. The maximum absolute atomic E-state index is 11.5. The number of carbonyl (C=O) groups excluding carboxylic acids is 1. The van der Waals surface area contributed by atoms with Gasteiger partial charge in [-0.05, 0) is 12.1 Å². The van der Waals surface area contributed by atoms with Crippen molar-refractivity contribution < 1.29 is 4.79 Å². The molecule has 0 spiro atoms. The molecule has 2 aromatic heterocycles. The molecule has 3 rings (SSSR count). The molecule has 0 aliphatic carbocycles. The first-order valence-corrected chi connectivity index (χ1v) is 6.55. The molecule has 1 N–H and O–H groups in total. The Morgan fingerprint density at radius 2 is 1.95 bits per heavy atom. The molecule has 3 aromatic rings. The van der Waals surface area contributed by atoms with E-state index in [0.717, 1.165) is 11.0 Å². The van der Waals surface area contributed by atoms with E-state index < -0.39 is 0 Å². The van der Waals surface area contributed by atoms with Crippen LogP contribution in [0.2, 0.25) is 0 Å². The van der Waals surface area contributed by atoms with E-state index in [1.165, 1.54) is 11.3 Å². The summed E-state index contributed by atoms with van der Waals surface area (Å²) in [7, 11) is 1.58. The third-order valence-electron chi connectivity index (χ3n) is 2.64. The third kappa shape index (κ3) is 2.17. The number of hydrogen-bond acceptors (Lipinski definition) is 5. The summed E-state index contributed by atoms with van der Waals surface area (Å²) in [5.74, 6) is -0.190. The first-order valence-electron chi connectivity index (χ1n) is 5.67. The van der Waals surface area contributed by atoms with Gasteiger partial charge in [-0.25, -0.2) is 9.97 Å². The summed E-state index contributed by atoms with van der Waals surface area (Å²) in [5, 5.41) is 4.78. The lowest BCUT2D eigenvalue weighted by Gasteiger charge is -1.99. The van der Waals surface area contributed by atoms with Gasteiger partial charge in [0.2, 0.25) is 0 Å². The number of nitrogens with one attached hydrogen (secondary N) is 1. The fraction of sp³-hybridized carbons (Fsp3) is 0.0769. The van der Waals surface area contributed by atoms with Crippen LogP contribution in [0.3, 0.4) is 0 Å². The highest BCUT2D eigenvalue weighted by Crippen LogP contribution is 2.21. The lowest BCUT2D eigenvalue weighted by molar-refractivity contribution is 0.0963. The number of nitrogens with zero attached hydrogens (tertiary/aromatic N) is 3. The monoisotopic (exact) mass is 270 g/mol. The van der Waals surface area contributed by atoms with E-state index in [0.29, 0.717) is 16.4 Å². The number of rotatable bonds is 2. The van der Waals surface area contributed by atoms with Crippen LogP contribution in [0.5, 0.6) is 0 Å². The van der Waals surface area contributed by atoms with Crippen LogP contribution in [-0.2, 0) is 0 Å². The fourth-order valence-electron chi connectivity index (χ4n) is 1.68. The minimum atomic E-state index is -0.190. The van der Waals surface area contributed by atoms with E-state index in [4.69, 9.17) is 0 Å². The van der Waals surface area contributed by atoms with Gasteiger partial charge in [0.1, 0.15) is 11.4 Å². The molecular formula is C13H10N4OS. The number of fused-ring (bicyclic) bond motifs is 1. The zero-order valence-electron chi connectivity index (χ0n) is 10.1. The van der Waals surface area contributed by atoms with Gasteiger partial charge >= 0.3 is 0 Å². The lowest BCUT2D eigenvalue weighted by atomic mass is 10.3. The van der Waals surface area contributed by atoms with Gasteiger partial charge in [-0.3, -0.25) is 9.78 Å². The molecule has 5 nitrogen and oxygen atoms in total. The van der Waals surface area contributed by atoms with Crippen molar-refractivity contribution in [3.63, 3.8) is 0 Å². The Hall–Kier alpha value is -2.34. The summed E-state index contributed by atoms with van der Waals surface area (Å²) in [6.45, 7) is 0. The minimum Gasteiger partial charge on any atom is -0.353 e. The lowest BCUT2D eigenvalue weighted by Crippen LogP contribution is -2.17. The number of carbonyl (C=O) groups is 1. The van der Waals surface area contributed by atoms with Crippen molar-refractivity contribution in [2.75, 3.05) is 7.05 Å². The molecule has 0 aliphatic rings. The predicted molar refractivity (Wildman–Crippen MR) is 74.0 cm³/mol. The average Bonchev–Trinajstić information content (AvgIpc) is 2.95. The minimum absolute atomic E-state index is 0.190. The Kier molecular flexibility index (Phi) is 2.92. The normalized spacial score (nSPS) is 10.6. The van der Waals surface area contributed by atoms with Crippen LogP contribution in [0.25, 0.3) is 22.4 Å². The molecule has 0 radical (unpaired) electrons.